The summed E-state index contributed by atoms with van der Waals surface area (Å²) < 4.78 is 12.4. The Morgan fingerprint density at radius 3 is 2.62 bits per heavy atom. The van der Waals surface area contributed by atoms with E-state index < -0.39 is 0 Å². The second-order valence-electron chi connectivity index (χ2n) is 8.54. The minimum atomic E-state index is -0.304. The molecule has 172 valence electrons. The number of benzene rings is 2. The van der Waals surface area contributed by atoms with E-state index in [0.717, 1.165) is 39.9 Å². The quantitative estimate of drug-likeness (QED) is 0.358. The Bertz CT molecular complexity index is 1030. The molecule has 0 fully saturated rings. The number of nitrogens with one attached hydrogen (secondary N) is 3. The lowest BCUT2D eigenvalue weighted by molar-refractivity contribution is -0.124. The fourth-order valence-corrected chi connectivity index (χ4v) is 3.71. The third kappa shape index (κ3) is 6.97. The normalized spacial score (nSPS) is 11.5. The molecule has 0 saturated heterocycles. The van der Waals surface area contributed by atoms with Crippen LogP contribution in [0.2, 0.25) is 0 Å². The number of aromatic amines is 1. The summed E-state index contributed by atoms with van der Waals surface area (Å²) in [5.41, 5.74) is 2.78. The minimum absolute atomic E-state index is 0.0706. The number of H-pyrrole nitrogens is 1. The number of hydrogen-bond acceptors (Lipinski definition) is 5. The molecule has 0 unspecified atom stereocenters. The Labute approximate surface area is 197 Å². The van der Waals surface area contributed by atoms with Crippen molar-refractivity contribution in [3.05, 3.63) is 52.3 Å². The topological polar surface area (TPSA) is 88.3 Å². The van der Waals surface area contributed by atoms with E-state index in [4.69, 9.17) is 9.47 Å². The van der Waals surface area contributed by atoms with Gasteiger partial charge < -0.3 is 25.1 Å². The third-order valence-corrected chi connectivity index (χ3v) is 5.32. The molecule has 0 spiro atoms. The summed E-state index contributed by atoms with van der Waals surface area (Å²) in [5.74, 6) is 1.94. The maximum atomic E-state index is 12.1. The monoisotopic (exact) mass is 502 g/mol. The van der Waals surface area contributed by atoms with E-state index >= 15 is 0 Å². The number of rotatable bonds is 10. The van der Waals surface area contributed by atoms with Crippen LogP contribution in [0.3, 0.4) is 0 Å². The number of halogens is 1. The first-order valence-electron chi connectivity index (χ1n) is 10.8. The van der Waals surface area contributed by atoms with E-state index in [2.05, 4.69) is 36.5 Å². The Balaban J connectivity index is 1.57. The Morgan fingerprint density at radius 2 is 1.91 bits per heavy atom. The first-order chi connectivity index (χ1) is 15.2. The highest BCUT2D eigenvalue weighted by molar-refractivity contribution is 9.10. The average Bonchev–Trinajstić information content (AvgIpc) is 3.13. The second-order valence-corrected chi connectivity index (χ2v) is 9.39. The molecule has 3 rings (SSSR count). The summed E-state index contributed by atoms with van der Waals surface area (Å²) in [6, 6.07) is 11.8. The summed E-state index contributed by atoms with van der Waals surface area (Å²) in [6.45, 7) is 9.59. The van der Waals surface area contributed by atoms with Gasteiger partial charge in [0.2, 0.25) is 0 Å². The molecule has 0 aliphatic heterocycles. The van der Waals surface area contributed by atoms with E-state index in [0.29, 0.717) is 24.7 Å². The average molecular weight is 503 g/mol. The molecule has 3 aromatic rings. The van der Waals surface area contributed by atoms with Gasteiger partial charge in [0.05, 0.1) is 17.6 Å². The highest BCUT2D eigenvalue weighted by atomic mass is 79.9. The number of ether oxygens (including phenoxy) is 2. The lowest BCUT2D eigenvalue weighted by Gasteiger charge is -2.21. The molecule has 0 saturated carbocycles. The van der Waals surface area contributed by atoms with Crippen LogP contribution >= 0.6 is 15.9 Å². The van der Waals surface area contributed by atoms with Crippen LogP contribution in [-0.2, 0) is 17.8 Å². The van der Waals surface area contributed by atoms with E-state index in [-0.39, 0.29) is 18.1 Å². The molecular formula is C24H31BrN4O3. The minimum Gasteiger partial charge on any atom is -0.490 e. The molecule has 32 heavy (non-hydrogen) atoms. The van der Waals surface area contributed by atoms with Crippen LogP contribution in [0.25, 0.3) is 11.0 Å². The number of imidazole rings is 1. The standard InChI is InChI=1S/C24H31BrN4O3/c1-5-31-20-12-16(17(25)13-21(20)32-15-23(30)29-24(2,3)4)14-26-11-10-22-27-18-8-6-7-9-19(18)28-22/h6-9,12-13,26H,5,10-11,14-15H2,1-4H3,(H,27,28)(H,29,30). The van der Waals surface area contributed by atoms with Gasteiger partial charge in [-0.3, -0.25) is 4.79 Å². The largest absolute Gasteiger partial charge is 0.490 e. The van der Waals surface area contributed by atoms with Gasteiger partial charge in [-0.25, -0.2) is 4.98 Å². The molecule has 0 bridgehead atoms. The molecule has 3 N–H and O–H groups in total. The fraction of sp³-hybridized carbons (Fsp3) is 0.417. The summed E-state index contributed by atoms with van der Waals surface area (Å²) in [7, 11) is 0. The van der Waals surface area contributed by atoms with Crippen molar-refractivity contribution in [1.29, 1.82) is 0 Å². The van der Waals surface area contributed by atoms with Gasteiger partial charge in [0.15, 0.2) is 18.1 Å². The maximum Gasteiger partial charge on any atom is 0.258 e. The van der Waals surface area contributed by atoms with Gasteiger partial charge >= 0.3 is 0 Å². The van der Waals surface area contributed by atoms with Crippen LogP contribution in [0.4, 0.5) is 0 Å². The van der Waals surface area contributed by atoms with Crippen LogP contribution in [0, 0.1) is 0 Å². The molecule has 0 aliphatic carbocycles. The van der Waals surface area contributed by atoms with Gasteiger partial charge in [-0.1, -0.05) is 28.1 Å². The molecule has 1 heterocycles. The summed E-state index contributed by atoms with van der Waals surface area (Å²) in [6.07, 6.45) is 0.800. The SMILES string of the molecule is CCOc1cc(CNCCc2nc3ccccc3[nH]2)c(Br)cc1OCC(=O)NC(C)(C)C. The lowest BCUT2D eigenvalue weighted by Crippen LogP contribution is -2.43. The predicted octanol–water partition coefficient (Wildman–Crippen LogP) is 4.35. The highest BCUT2D eigenvalue weighted by Crippen LogP contribution is 2.34. The first kappa shape index (κ1) is 24.1. The van der Waals surface area contributed by atoms with Crippen molar-refractivity contribution in [3.8, 4) is 11.5 Å². The van der Waals surface area contributed by atoms with Crippen molar-refractivity contribution in [1.82, 2.24) is 20.6 Å². The first-order valence-corrected chi connectivity index (χ1v) is 11.6. The lowest BCUT2D eigenvalue weighted by atomic mass is 10.1. The van der Waals surface area contributed by atoms with Crippen LogP contribution in [0.15, 0.2) is 40.9 Å². The number of aromatic nitrogens is 2. The fourth-order valence-electron chi connectivity index (χ4n) is 3.25. The van der Waals surface area contributed by atoms with Gasteiger partial charge in [0.1, 0.15) is 5.82 Å². The number of amides is 1. The molecule has 1 aromatic heterocycles. The van der Waals surface area contributed by atoms with E-state index in [9.17, 15) is 4.79 Å². The Hall–Kier alpha value is -2.58. The van der Waals surface area contributed by atoms with Crippen molar-refractivity contribution in [2.45, 2.75) is 46.2 Å². The van der Waals surface area contributed by atoms with Crippen molar-refractivity contribution >= 4 is 32.9 Å². The zero-order valence-corrected chi connectivity index (χ0v) is 20.6. The van der Waals surface area contributed by atoms with Crippen molar-refractivity contribution < 1.29 is 14.3 Å². The number of para-hydroxylation sites is 2. The van der Waals surface area contributed by atoms with Gasteiger partial charge in [-0.15, -0.1) is 0 Å². The summed E-state index contributed by atoms with van der Waals surface area (Å²) in [5, 5.41) is 6.34. The third-order valence-electron chi connectivity index (χ3n) is 4.58. The molecule has 0 atom stereocenters. The molecule has 2 aromatic carbocycles. The van der Waals surface area contributed by atoms with Crippen molar-refractivity contribution in [2.75, 3.05) is 19.8 Å². The maximum absolute atomic E-state index is 12.1. The number of carbonyl (C=O) groups is 1. The van der Waals surface area contributed by atoms with E-state index in [1.807, 2.05) is 64.1 Å². The molecule has 0 aliphatic rings. The molecule has 0 radical (unpaired) electrons. The van der Waals surface area contributed by atoms with Gasteiger partial charge in [-0.05, 0) is 57.5 Å². The number of hydrogen-bond donors (Lipinski definition) is 3. The van der Waals surface area contributed by atoms with Crippen LogP contribution in [0.1, 0.15) is 39.1 Å². The van der Waals surface area contributed by atoms with E-state index in [1.54, 1.807) is 0 Å². The Kier molecular flexibility index (Phi) is 8.15. The van der Waals surface area contributed by atoms with Gasteiger partial charge in [-0.2, -0.15) is 0 Å². The highest BCUT2D eigenvalue weighted by Gasteiger charge is 2.16. The van der Waals surface area contributed by atoms with Gasteiger partial charge in [0.25, 0.3) is 5.91 Å². The van der Waals surface area contributed by atoms with Crippen molar-refractivity contribution in [2.24, 2.45) is 0 Å². The molecule has 8 heteroatoms. The predicted molar refractivity (Wildman–Crippen MR) is 130 cm³/mol. The summed E-state index contributed by atoms with van der Waals surface area (Å²) >= 11 is 3.61. The van der Waals surface area contributed by atoms with Crippen LogP contribution in [0.5, 0.6) is 11.5 Å². The summed E-state index contributed by atoms with van der Waals surface area (Å²) in [4.78, 5) is 20.0. The smallest absolute Gasteiger partial charge is 0.258 e. The number of fused-ring (bicyclic) bond motifs is 1. The molecular weight excluding hydrogens is 472 g/mol. The van der Waals surface area contributed by atoms with Crippen molar-refractivity contribution in [3.63, 3.8) is 0 Å². The zero-order chi connectivity index (χ0) is 23.1. The number of nitrogens with zero attached hydrogens (tertiary/aromatic N) is 1. The van der Waals surface area contributed by atoms with Gasteiger partial charge in [0, 0.05) is 29.5 Å². The molecule has 1 amide bonds. The molecule has 7 nitrogen and oxygen atoms in total. The second kappa shape index (κ2) is 10.8. The van der Waals surface area contributed by atoms with Crippen LogP contribution in [-0.4, -0.2) is 41.2 Å². The van der Waals surface area contributed by atoms with Crippen LogP contribution < -0.4 is 20.1 Å². The van der Waals surface area contributed by atoms with E-state index in [1.165, 1.54) is 0 Å². The Morgan fingerprint density at radius 1 is 1.16 bits per heavy atom. The zero-order valence-electron chi connectivity index (χ0n) is 19.0. The number of carbonyl (C=O) groups excluding carboxylic acids is 1.